The topological polar surface area (TPSA) is 44.8 Å². The molecule has 2 atom stereocenters. The molecule has 0 aliphatic heterocycles. The first kappa shape index (κ1) is 23.5. The quantitative estimate of drug-likeness (QED) is 0.340. The third-order valence-corrected chi connectivity index (χ3v) is 5.10. The Bertz CT molecular complexity index is 939. The van der Waals surface area contributed by atoms with E-state index in [9.17, 15) is 4.79 Å². The molecule has 0 bridgehead atoms. The number of ether oxygens (including phenoxy) is 3. The fraction of sp³-hybridized carbons (Fsp3) is 0.250. The zero-order chi connectivity index (χ0) is 22.4. The molecule has 0 radical (unpaired) electrons. The molecule has 0 aromatic heterocycles. The second kappa shape index (κ2) is 13.3. The highest BCUT2D eigenvalue weighted by molar-refractivity contribution is 5.69. The van der Waals surface area contributed by atoms with Crippen molar-refractivity contribution in [3.63, 3.8) is 0 Å². The molecular formula is C28H30O4. The Kier molecular flexibility index (Phi) is 9.72. The number of rotatable bonds is 12. The monoisotopic (exact) mass is 430 g/mol. The van der Waals surface area contributed by atoms with Crippen LogP contribution in [0.1, 0.15) is 29.5 Å². The van der Waals surface area contributed by atoms with Gasteiger partial charge in [0.05, 0.1) is 26.4 Å². The Balaban J connectivity index is 1.77. The lowest BCUT2D eigenvalue weighted by Crippen LogP contribution is -2.31. The zero-order valence-corrected chi connectivity index (χ0v) is 18.4. The normalized spacial score (nSPS) is 13.0. The third kappa shape index (κ3) is 8.14. The summed E-state index contributed by atoms with van der Waals surface area (Å²) in [6.07, 6.45) is 4.18. The fourth-order valence-electron chi connectivity index (χ4n) is 3.31. The van der Waals surface area contributed by atoms with E-state index >= 15 is 0 Å². The summed E-state index contributed by atoms with van der Waals surface area (Å²) in [5.74, 6) is -0.257. The van der Waals surface area contributed by atoms with E-state index in [-0.39, 0.29) is 24.6 Å². The highest BCUT2D eigenvalue weighted by Gasteiger charge is 2.22. The first-order valence-corrected chi connectivity index (χ1v) is 10.9. The summed E-state index contributed by atoms with van der Waals surface area (Å²) in [4.78, 5) is 11.8. The maximum atomic E-state index is 11.8. The Morgan fingerprint density at radius 1 is 0.781 bits per heavy atom. The molecule has 4 nitrogen and oxygen atoms in total. The summed E-state index contributed by atoms with van der Waals surface area (Å²) < 4.78 is 17.4. The summed E-state index contributed by atoms with van der Waals surface area (Å²) in [6, 6.07) is 30.1. The van der Waals surface area contributed by atoms with E-state index in [1.54, 1.807) is 0 Å². The maximum Gasteiger partial charge on any atom is 0.305 e. The van der Waals surface area contributed by atoms with E-state index in [0.29, 0.717) is 19.6 Å². The van der Waals surface area contributed by atoms with E-state index in [1.165, 1.54) is 7.11 Å². The van der Waals surface area contributed by atoms with Crippen LogP contribution in [-0.4, -0.2) is 25.3 Å². The van der Waals surface area contributed by atoms with Gasteiger partial charge in [0.1, 0.15) is 6.10 Å². The highest BCUT2D eigenvalue weighted by Crippen LogP contribution is 2.19. The fourth-order valence-corrected chi connectivity index (χ4v) is 3.31. The van der Waals surface area contributed by atoms with Gasteiger partial charge in [0.25, 0.3) is 0 Å². The number of methoxy groups -OCH3 is 1. The first-order valence-electron chi connectivity index (χ1n) is 10.9. The van der Waals surface area contributed by atoms with Gasteiger partial charge in [-0.15, -0.1) is 0 Å². The van der Waals surface area contributed by atoms with Gasteiger partial charge in [-0.25, -0.2) is 0 Å². The van der Waals surface area contributed by atoms with E-state index in [1.807, 2.05) is 103 Å². The van der Waals surface area contributed by atoms with Gasteiger partial charge in [0.15, 0.2) is 0 Å². The molecule has 0 saturated heterocycles. The molecule has 0 spiro atoms. The van der Waals surface area contributed by atoms with Crippen LogP contribution < -0.4 is 0 Å². The van der Waals surface area contributed by atoms with Gasteiger partial charge in [-0.2, -0.15) is 0 Å². The largest absolute Gasteiger partial charge is 0.469 e. The molecule has 0 amide bonds. The van der Waals surface area contributed by atoms with Crippen LogP contribution >= 0.6 is 0 Å². The van der Waals surface area contributed by atoms with E-state index < -0.39 is 0 Å². The number of hydrogen-bond acceptors (Lipinski definition) is 4. The SMILES string of the molecule is COC(=O)CC[C@@H](OCc1ccccc1)[C@H](/C=C/c1ccccc1)OCc1ccccc1. The lowest BCUT2D eigenvalue weighted by atomic mass is 10.1. The van der Waals surface area contributed by atoms with Crippen molar-refractivity contribution in [2.45, 2.75) is 38.3 Å². The summed E-state index contributed by atoms with van der Waals surface area (Å²) in [5, 5.41) is 0. The van der Waals surface area contributed by atoms with Crippen molar-refractivity contribution in [2.75, 3.05) is 7.11 Å². The molecule has 0 fully saturated rings. The van der Waals surface area contributed by atoms with Crippen molar-refractivity contribution in [2.24, 2.45) is 0 Å². The van der Waals surface area contributed by atoms with E-state index in [2.05, 4.69) is 0 Å². The van der Waals surface area contributed by atoms with Crippen LogP contribution in [0.5, 0.6) is 0 Å². The second-order valence-electron chi connectivity index (χ2n) is 7.48. The van der Waals surface area contributed by atoms with Crippen molar-refractivity contribution in [1.29, 1.82) is 0 Å². The van der Waals surface area contributed by atoms with Crippen molar-refractivity contribution >= 4 is 12.0 Å². The Morgan fingerprint density at radius 2 is 1.31 bits per heavy atom. The molecule has 0 aliphatic carbocycles. The van der Waals surface area contributed by atoms with Crippen LogP contribution in [0, 0.1) is 0 Å². The summed E-state index contributed by atoms with van der Waals surface area (Å²) in [6.45, 7) is 0.894. The molecule has 3 aromatic rings. The Labute approximate surface area is 190 Å². The van der Waals surface area contributed by atoms with E-state index in [4.69, 9.17) is 14.2 Å². The number of carbonyl (C=O) groups excluding carboxylic acids is 1. The average molecular weight is 431 g/mol. The van der Waals surface area contributed by atoms with Crippen LogP contribution in [0.3, 0.4) is 0 Å². The minimum absolute atomic E-state index is 0.257. The molecule has 32 heavy (non-hydrogen) atoms. The first-order chi connectivity index (χ1) is 15.7. The van der Waals surface area contributed by atoms with Crippen molar-refractivity contribution in [1.82, 2.24) is 0 Å². The molecule has 0 unspecified atom stereocenters. The van der Waals surface area contributed by atoms with Gasteiger partial charge >= 0.3 is 5.97 Å². The molecule has 3 rings (SSSR count). The lowest BCUT2D eigenvalue weighted by molar-refractivity contribution is -0.142. The Morgan fingerprint density at radius 3 is 1.88 bits per heavy atom. The zero-order valence-electron chi connectivity index (χ0n) is 18.4. The second-order valence-corrected chi connectivity index (χ2v) is 7.48. The maximum absolute atomic E-state index is 11.8. The van der Waals surface area contributed by atoms with E-state index in [0.717, 1.165) is 16.7 Å². The number of hydrogen-bond donors (Lipinski definition) is 0. The van der Waals surface area contributed by atoms with Gasteiger partial charge in [0, 0.05) is 6.42 Å². The summed E-state index contributed by atoms with van der Waals surface area (Å²) >= 11 is 0. The molecular weight excluding hydrogens is 400 g/mol. The molecule has 4 heteroatoms. The average Bonchev–Trinajstić information content (AvgIpc) is 2.86. The molecule has 0 aliphatic rings. The lowest BCUT2D eigenvalue weighted by Gasteiger charge is -2.25. The standard InChI is InChI=1S/C28H30O4/c1-30-28(29)20-19-27(32-22-25-15-9-4-10-16-25)26(18-17-23-11-5-2-6-12-23)31-21-24-13-7-3-8-14-24/h2-18,26-27H,19-22H2,1H3/b18-17+/t26-,27+/m0/s1. The van der Waals surface area contributed by atoms with Gasteiger partial charge in [-0.05, 0) is 23.1 Å². The molecule has 166 valence electrons. The van der Waals surface area contributed by atoms with Gasteiger partial charge in [0.2, 0.25) is 0 Å². The van der Waals surface area contributed by atoms with Gasteiger partial charge in [-0.1, -0.05) is 103 Å². The van der Waals surface area contributed by atoms with Crippen molar-refractivity contribution in [3.8, 4) is 0 Å². The van der Waals surface area contributed by atoms with Crippen LogP contribution in [0.2, 0.25) is 0 Å². The summed E-state index contributed by atoms with van der Waals surface area (Å²) in [7, 11) is 1.40. The Hall–Kier alpha value is -3.21. The minimum atomic E-state index is -0.330. The van der Waals surface area contributed by atoms with Crippen LogP contribution in [-0.2, 0) is 32.2 Å². The predicted molar refractivity (Wildman–Crippen MR) is 127 cm³/mol. The number of benzene rings is 3. The smallest absolute Gasteiger partial charge is 0.305 e. The molecule has 0 N–H and O–H groups in total. The molecule has 3 aromatic carbocycles. The van der Waals surface area contributed by atoms with Crippen molar-refractivity contribution < 1.29 is 19.0 Å². The van der Waals surface area contributed by atoms with Crippen LogP contribution in [0.15, 0.2) is 97.1 Å². The summed E-state index contributed by atoms with van der Waals surface area (Å²) in [5.41, 5.74) is 3.24. The molecule has 0 saturated carbocycles. The number of carbonyl (C=O) groups is 1. The van der Waals surface area contributed by atoms with Crippen LogP contribution in [0.25, 0.3) is 6.08 Å². The minimum Gasteiger partial charge on any atom is -0.469 e. The van der Waals surface area contributed by atoms with Gasteiger partial charge < -0.3 is 14.2 Å². The third-order valence-electron chi connectivity index (χ3n) is 5.10. The van der Waals surface area contributed by atoms with Gasteiger partial charge in [-0.3, -0.25) is 4.79 Å². The highest BCUT2D eigenvalue weighted by atomic mass is 16.5. The van der Waals surface area contributed by atoms with Crippen molar-refractivity contribution in [3.05, 3.63) is 114 Å². The van der Waals surface area contributed by atoms with Crippen LogP contribution in [0.4, 0.5) is 0 Å². The number of esters is 1. The molecule has 0 heterocycles. The predicted octanol–water partition coefficient (Wildman–Crippen LogP) is 5.82.